The van der Waals surface area contributed by atoms with Gasteiger partial charge in [-0.25, -0.2) is 0 Å². The molecule has 0 saturated heterocycles. The first-order chi connectivity index (χ1) is 12.5. The number of benzene rings is 2. The summed E-state index contributed by atoms with van der Waals surface area (Å²) in [4.78, 5) is 12.3. The van der Waals surface area contributed by atoms with Crippen LogP contribution in [0.4, 0.5) is 5.69 Å². The van der Waals surface area contributed by atoms with Crippen LogP contribution in [0.2, 0.25) is 0 Å². The van der Waals surface area contributed by atoms with Gasteiger partial charge >= 0.3 is 0 Å². The van der Waals surface area contributed by atoms with Crippen molar-refractivity contribution in [2.45, 2.75) is 40.5 Å². The number of thioether (sulfide) groups is 1. The molecule has 0 spiro atoms. The summed E-state index contributed by atoms with van der Waals surface area (Å²) in [6.07, 6.45) is 1.83. The molecule has 0 radical (unpaired) electrons. The lowest BCUT2D eigenvalue weighted by molar-refractivity contribution is -0.113. The van der Waals surface area contributed by atoms with E-state index in [1.54, 1.807) is 11.8 Å². The predicted octanol–water partition coefficient (Wildman–Crippen LogP) is 5.18. The molecule has 140 valence electrons. The Morgan fingerprint density at radius 1 is 1.04 bits per heavy atom. The summed E-state index contributed by atoms with van der Waals surface area (Å²) >= 11 is 1.60. The van der Waals surface area contributed by atoms with Crippen molar-refractivity contribution in [3.63, 3.8) is 0 Å². The van der Waals surface area contributed by atoms with Gasteiger partial charge in [0, 0.05) is 11.4 Å². The van der Waals surface area contributed by atoms with Crippen LogP contribution in [0.3, 0.4) is 0 Å². The first-order valence-corrected chi connectivity index (χ1v) is 10.4. The summed E-state index contributed by atoms with van der Waals surface area (Å²) in [7, 11) is 0. The van der Waals surface area contributed by atoms with Gasteiger partial charge < -0.3 is 10.1 Å². The van der Waals surface area contributed by atoms with Crippen LogP contribution in [0.1, 0.15) is 36.1 Å². The Labute approximate surface area is 161 Å². The van der Waals surface area contributed by atoms with Crippen molar-refractivity contribution in [1.82, 2.24) is 0 Å². The van der Waals surface area contributed by atoms with Crippen LogP contribution >= 0.6 is 11.8 Å². The minimum atomic E-state index is 0.0528. The van der Waals surface area contributed by atoms with Crippen LogP contribution in [0.5, 0.6) is 5.75 Å². The van der Waals surface area contributed by atoms with E-state index in [1.165, 1.54) is 22.3 Å². The normalized spacial score (nSPS) is 10.6. The Bertz CT molecular complexity index is 700. The molecule has 26 heavy (non-hydrogen) atoms. The Morgan fingerprint density at radius 3 is 2.23 bits per heavy atom. The molecule has 0 heterocycles. The third-order valence-electron chi connectivity index (χ3n) is 4.19. The lowest BCUT2D eigenvalue weighted by Gasteiger charge is -2.14. The van der Waals surface area contributed by atoms with Crippen LogP contribution < -0.4 is 10.1 Å². The number of ether oxygens (including phenoxy) is 1. The molecule has 1 amide bonds. The number of carbonyl (C=O) groups excluding carboxylic acids is 1. The molecule has 0 atom stereocenters. The molecule has 0 unspecified atom stereocenters. The second-order valence-electron chi connectivity index (χ2n) is 6.43. The van der Waals surface area contributed by atoms with Crippen molar-refractivity contribution in [3.05, 3.63) is 58.7 Å². The highest BCUT2D eigenvalue weighted by Crippen LogP contribution is 2.23. The summed E-state index contributed by atoms with van der Waals surface area (Å²) in [5.41, 5.74) is 5.79. The van der Waals surface area contributed by atoms with Crippen LogP contribution in [0, 0.1) is 13.8 Å². The van der Waals surface area contributed by atoms with Crippen molar-refractivity contribution < 1.29 is 9.53 Å². The second-order valence-corrected chi connectivity index (χ2v) is 7.54. The van der Waals surface area contributed by atoms with Crippen molar-refractivity contribution in [2.24, 2.45) is 0 Å². The molecule has 2 rings (SSSR count). The monoisotopic (exact) mass is 371 g/mol. The molecule has 2 aromatic carbocycles. The first-order valence-electron chi connectivity index (χ1n) is 9.23. The van der Waals surface area contributed by atoms with Crippen molar-refractivity contribution in [2.75, 3.05) is 23.4 Å². The fourth-order valence-electron chi connectivity index (χ4n) is 2.98. The van der Waals surface area contributed by atoms with Crippen molar-refractivity contribution >= 4 is 23.4 Å². The average Bonchev–Trinajstić information content (AvgIpc) is 2.60. The standard InChI is InChI=1S/C22H29NO2S/c1-5-18-8-7-9-19(6-2)22(18)23-21(24)15-26-11-10-25-20-13-16(3)12-17(4)14-20/h7-9,12-14H,5-6,10-11,15H2,1-4H3,(H,23,24). The second kappa shape index (κ2) is 10.3. The largest absolute Gasteiger partial charge is 0.493 e. The fourth-order valence-corrected chi connectivity index (χ4v) is 3.58. The summed E-state index contributed by atoms with van der Waals surface area (Å²) in [6, 6.07) is 12.4. The third kappa shape index (κ3) is 6.10. The molecule has 3 nitrogen and oxygen atoms in total. The molecule has 2 aromatic rings. The Balaban J connectivity index is 1.77. The zero-order valence-corrected chi connectivity index (χ0v) is 17.0. The van der Waals surface area contributed by atoms with Gasteiger partial charge in [0.1, 0.15) is 5.75 Å². The van der Waals surface area contributed by atoms with E-state index in [2.05, 4.69) is 57.3 Å². The average molecular weight is 372 g/mol. The summed E-state index contributed by atoms with van der Waals surface area (Å²) in [5.74, 6) is 2.18. The van der Waals surface area contributed by atoms with Gasteiger partial charge in [-0.1, -0.05) is 38.1 Å². The van der Waals surface area contributed by atoms with E-state index in [-0.39, 0.29) is 5.91 Å². The van der Waals surface area contributed by atoms with E-state index >= 15 is 0 Å². The number of rotatable bonds is 9. The summed E-state index contributed by atoms with van der Waals surface area (Å²) < 4.78 is 5.79. The molecular weight excluding hydrogens is 342 g/mol. The van der Waals surface area contributed by atoms with Crippen LogP contribution in [0.25, 0.3) is 0 Å². The smallest absolute Gasteiger partial charge is 0.234 e. The number of anilines is 1. The number of aryl methyl sites for hydroxylation is 4. The van der Waals surface area contributed by atoms with Gasteiger partial charge in [0.05, 0.1) is 12.4 Å². The Kier molecular flexibility index (Phi) is 8.05. The molecule has 0 saturated carbocycles. The molecule has 0 aliphatic heterocycles. The molecule has 4 heteroatoms. The molecule has 0 bridgehead atoms. The molecule has 0 aromatic heterocycles. The Morgan fingerprint density at radius 2 is 1.65 bits per heavy atom. The Hall–Kier alpha value is -1.94. The van der Waals surface area contributed by atoms with Gasteiger partial charge in [-0.3, -0.25) is 4.79 Å². The third-order valence-corrected chi connectivity index (χ3v) is 5.11. The van der Waals surface area contributed by atoms with Crippen LogP contribution in [0.15, 0.2) is 36.4 Å². The van der Waals surface area contributed by atoms with Gasteiger partial charge in [-0.05, 0) is 61.1 Å². The lowest BCUT2D eigenvalue weighted by Crippen LogP contribution is -2.17. The number of hydrogen-bond donors (Lipinski definition) is 1. The number of para-hydroxylation sites is 1. The SMILES string of the molecule is CCc1cccc(CC)c1NC(=O)CSCCOc1cc(C)cc(C)c1. The molecule has 0 fully saturated rings. The van der Waals surface area contributed by atoms with E-state index in [0.717, 1.165) is 30.0 Å². The maximum absolute atomic E-state index is 12.3. The van der Waals surface area contributed by atoms with E-state index < -0.39 is 0 Å². The quantitative estimate of drug-likeness (QED) is 0.617. The molecule has 0 aliphatic carbocycles. The highest BCUT2D eigenvalue weighted by atomic mass is 32.2. The zero-order valence-electron chi connectivity index (χ0n) is 16.2. The number of amides is 1. The minimum Gasteiger partial charge on any atom is -0.493 e. The maximum Gasteiger partial charge on any atom is 0.234 e. The van der Waals surface area contributed by atoms with E-state index in [4.69, 9.17) is 4.74 Å². The first kappa shape index (κ1) is 20.4. The minimum absolute atomic E-state index is 0.0528. The van der Waals surface area contributed by atoms with Crippen molar-refractivity contribution in [3.8, 4) is 5.75 Å². The lowest BCUT2D eigenvalue weighted by atomic mass is 10.0. The summed E-state index contributed by atoms with van der Waals surface area (Å²) in [5, 5.41) is 3.10. The van der Waals surface area contributed by atoms with Gasteiger partial charge in [0.15, 0.2) is 0 Å². The van der Waals surface area contributed by atoms with Crippen LogP contribution in [-0.2, 0) is 17.6 Å². The highest BCUT2D eigenvalue weighted by Gasteiger charge is 2.10. The van der Waals surface area contributed by atoms with E-state index in [1.807, 2.05) is 12.1 Å². The highest BCUT2D eigenvalue weighted by molar-refractivity contribution is 7.99. The van der Waals surface area contributed by atoms with Crippen LogP contribution in [-0.4, -0.2) is 24.0 Å². The van der Waals surface area contributed by atoms with Gasteiger partial charge in [0.25, 0.3) is 0 Å². The van der Waals surface area contributed by atoms with Gasteiger partial charge in [0.2, 0.25) is 5.91 Å². The molecule has 1 N–H and O–H groups in total. The van der Waals surface area contributed by atoms with E-state index in [9.17, 15) is 4.79 Å². The predicted molar refractivity (Wildman–Crippen MR) is 113 cm³/mol. The number of hydrogen-bond acceptors (Lipinski definition) is 3. The topological polar surface area (TPSA) is 38.3 Å². The maximum atomic E-state index is 12.3. The van der Waals surface area contributed by atoms with Gasteiger partial charge in [-0.2, -0.15) is 0 Å². The zero-order chi connectivity index (χ0) is 18.9. The molecular formula is C22H29NO2S. The van der Waals surface area contributed by atoms with Gasteiger partial charge in [-0.15, -0.1) is 11.8 Å². The summed E-state index contributed by atoms with van der Waals surface area (Å²) in [6.45, 7) is 8.97. The number of carbonyl (C=O) groups is 1. The van der Waals surface area contributed by atoms with E-state index in [0.29, 0.717) is 12.4 Å². The fraction of sp³-hybridized carbons (Fsp3) is 0.409. The molecule has 0 aliphatic rings. The number of nitrogens with one attached hydrogen (secondary N) is 1. The van der Waals surface area contributed by atoms with Crippen molar-refractivity contribution in [1.29, 1.82) is 0 Å².